The Morgan fingerprint density at radius 2 is 2.00 bits per heavy atom. The molecule has 1 rings (SSSR count). The number of carbonyl (C=O) groups is 2. The Balaban J connectivity index is 0.00000324. The third-order valence-electron chi connectivity index (χ3n) is 3.80. The lowest BCUT2D eigenvalue weighted by atomic mass is 9.94. The van der Waals surface area contributed by atoms with E-state index >= 15 is 0 Å². The quantitative estimate of drug-likeness (QED) is 0.768. The molecule has 1 heterocycles. The molecule has 0 spiro atoms. The molecule has 5 nitrogen and oxygen atoms in total. The molecular weight excluding hydrogens is 266 g/mol. The topological polar surface area (TPSA) is 75.4 Å². The highest BCUT2D eigenvalue weighted by Crippen LogP contribution is 2.11. The minimum absolute atomic E-state index is 0. The van der Waals surface area contributed by atoms with Crippen LogP contribution in [0.5, 0.6) is 0 Å². The summed E-state index contributed by atoms with van der Waals surface area (Å²) < 4.78 is 0. The van der Waals surface area contributed by atoms with E-state index in [2.05, 4.69) is 5.32 Å². The van der Waals surface area contributed by atoms with Gasteiger partial charge in [0.1, 0.15) is 0 Å². The molecule has 112 valence electrons. The fraction of sp³-hybridized carbons (Fsp3) is 0.846. The van der Waals surface area contributed by atoms with Gasteiger partial charge in [0.25, 0.3) is 0 Å². The lowest BCUT2D eigenvalue weighted by Crippen LogP contribution is -2.51. The minimum Gasteiger partial charge on any atom is -0.353 e. The molecule has 0 bridgehead atoms. The zero-order valence-corrected chi connectivity index (χ0v) is 12.7. The molecule has 6 heteroatoms. The monoisotopic (exact) mass is 291 g/mol. The van der Waals surface area contributed by atoms with Gasteiger partial charge >= 0.3 is 0 Å². The first kappa shape index (κ1) is 18.2. The molecule has 0 saturated carbocycles. The van der Waals surface area contributed by atoms with E-state index in [0.29, 0.717) is 19.5 Å². The number of amides is 2. The molecule has 3 N–H and O–H groups in total. The summed E-state index contributed by atoms with van der Waals surface area (Å²) in [4.78, 5) is 25.0. The number of likely N-dealkylation sites (tertiary alicyclic amines) is 1. The lowest BCUT2D eigenvalue weighted by molar-refractivity contribution is -0.137. The molecule has 0 radical (unpaired) electrons. The Labute approximate surface area is 121 Å². The SMILES string of the molecule is CCC(N)(CC)CNC(=O)CN1CCCCC1=O.Cl. The predicted octanol–water partition coefficient (Wildman–Crippen LogP) is 1.05. The van der Waals surface area contributed by atoms with E-state index in [9.17, 15) is 9.59 Å². The van der Waals surface area contributed by atoms with Crippen molar-refractivity contribution in [1.29, 1.82) is 0 Å². The highest BCUT2D eigenvalue weighted by atomic mass is 35.5. The highest BCUT2D eigenvalue weighted by molar-refractivity contribution is 5.85. The molecule has 1 fully saturated rings. The van der Waals surface area contributed by atoms with Crippen LogP contribution in [0.2, 0.25) is 0 Å². The second-order valence-electron chi connectivity index (χ2n) is 5.12. The van der Waals surface area contributed by atoms with Crippen LogP contribution in [-0.2, 0) is 9.59 Å². The van der Waals surface area contributed by atoms with Gasteiger partial charge in [0.2, 0.25) is 11.8 Å². The molecule has 2 amide bonds. The third kappa shape index (κ3) is 5.78. The van der Waals surface area contributed by atoms with Crippen LogP contribution in [0.1, 0.15) is 46.0 Å². The Bertz CT molecular complexity index is 306. The number of nitrogens with one attached hydrogen (secondary N) is 1. The normalized spacial score (nSPS) is 15.9. The van der Waals surface area contributed by atoms with Crippen LogP contribution >= 0.6 is 12.4 Å². The first-order valence-electron chi connectivity index (χ1n) is 6.84. The Morgan fingerprint density at radius 3 is 2.53 bits per heavy atom. The predicted molar refractivity (Wildman–Crippen MR) is 78.2 cm³/mol. The Hall–Kier alpha value is -0.810. The number of rotatable bonds is 6. The van der Waals surface area contributed by atoms with Gasteiger partial charge in [0, 0.05) is 25.0 Å². The van der Waals surface area contributed by atoms with Gasteiger partial charge in [-0.15, -0.1) is 12.4 Å². The average Bonchev–Trinajstić information content (AvgIpc) is 2.39. The van der Waals surface area contributed by atoms with E-state index in [0.717, 1.165) is 25.7 Å². The van der Waals surface area contributed by atoms with Crippen molar-refractivity contribution in [2.75, 3.05) is 19.6 Å². The number of halogens is 1. The molecule has 19 heavy (non-hydrogen) atoms. The van der Waals surface area contributed by atoms with Crippen molar-refractivity contribution in [3.05, 3.63) is 0 Å². The lowest BCUT2D eigenvalue weighted by Gasteiger charge is -2.29. The molecular formula is C13H26ClN3O2. The van der Waals surface area contributed by atoms with E-state index in [1.807, 2.05) is 13.8 Å². The van der Waals surface area contributed by atoms with Crippen LogP contribution in [0.25, 0.3) is 0 Å². The van der Waals surface area contributed by atoms with Gasteiger partial charge in [-0.25, -0.2) is 0 Å². The number of nitrogens with two attached hydrogens (primary N) is 1. The first-order valence-corrected chi connectivity index (χ1v) is 6.84. The largest absolute Gasteiger partial charge is 0.353 e. The smallest absolute Gasteiger partial charge is 0.239 e. The van der Waals surface area contributed by atoms with Crippen LogP contribution in [0.3, 0.4) is 0 Å². The fourth-order valence-electron chi connectivity index (χ4n) is 2.03. The second-order valence-corrected chi connectivity index (χ2v) is 5.12. The van der Waals surface area contributed by atoms with E-state index in [1.54, 1.807) is 4.90 Å². The van der Waals surface area contributed by atoms with E-state index in [4.69, 9.17) is 5.73 Å². The summed E-state index contributed by atoms with van der Waals surface area (Å²) in [5, 5.41) is 2.84. The maximum atomic E-state index is 11.8. The van der Waals surface area contributed by atoms with Gasteiger partial charge < -0.3 is 16.0 Å². The summed E-state index contributed by atoms with van der Waals surface area (Å²) in [6.07, 6.45) is 4.15. The summed E-state index contributed by atoms with van der Waals surface area (Å²) in [7, 11) is 0. The van der Waals surface area contributed by atoms with Crippen molar-refractivity contribution >= 4 is 24.2 Å². The van der Waals surface area contributed by atoms with Crippen molar-refractivity contribution < 1.29 is 9.59 Å². The summed E-state index contributed by atoms with van der Waals surface area (Å²) in [5.74, 6) is -0.0247. The van der Waals surface area contributed by atoms with Crippen molar-refractivity contribution in [3.8, 4) is 0 Å². The number of piperidine rings is 1. The summed E-state index contributed by atoms with van der Waals surface area (Å²) >= 11 is 0. The molecule has 0 atom stereocenters. The van der Waals surface area contributed by atoms with Gasteiger partial charge in [0.15, 0.2) is 0 Å². The molecule has 1 saturated heterocycles. The van der Waals surface area contributed by atoms with Crippen molar-refractivity contribution in [2.45, 2.75) is 51.5 Å². The van der Waals surface area contributed by atoms with Gasteiger partial charge in [0.05, 0.1) is 6.54 Å². The number of hydrogen-bond acceptors (Lipinski definition) is 3. The van der Waals surface area contributed by atoms with E-state index in [-0.39, 0.29) is 36.3 Å². The summed E-state index contributed by atoms with van der Waals surface area (Å²) in [6.45, 7) is 5.37. The van der Waals surface area contributed by atoms with E-state index in [1.165, 1.54) is 0 Å². The molecule has 0 unspecified atom stereocenters. The zero-order chi connectivity index (χ0) is 13.6. The van der Waals surface area contributed by atoms with Gasteiger partial charge in [-0.2, -0.15) is 0 Å². The number of hydrogen-bond donors (Lipinski definition) is 2. The average molecular weight is 292 g/mol. The Kier molecular flexibility index (Phi) is 8.02. The van der Waals surface area contributed by atoms with Crippen molar-refractivity contribution in [2.24, 2.45) is 5.73 Å². The van der Waals surface area contributed by atoms with Crippen LogP contribution < -0.4 is 11.1 Å². The fourth-order valence-corrected chi connectivity index (χ4v) is 2.03. The van der Waals surface area contributed by atoms with Gasteiger partial charge in [-0.1, -0.05) is 13.8 Å². The van der Waals surface area contributed by atoms with Crippen molar-refractivity contribution in [3.63, 3.8) is 0 Å². The van der Waals surface area contributed by atoms with Crippen LogP contribution in [0.15, 0.2) is 0 Å². The molecule has 1 aliphatic heterocycles. The molecule has 0 aromatic carbocycles. The van der Waals surface area contributed by atoms with Crippen LogP contribution in [0, 0.1) is 0 Å². The number of nitrogens with zero attached hydrogens (tertiary/aromatic N) is 1. The summed E-state index contributed by atoms with van der Waals surface area (Å²) in [5.41, 5.74) is 5.78. The second kappa shape index (κ2) is 8.38. The molecule has 0 aromatic rings. The zero-order valence-electron chi connectivity index (χ0n) is 11.9. The highest BCUT2D eigenvalue weighted by Gasteiger charge is 2.23. The Morgan fingerprint density at radius 1 is 1.37 bits per heavy atom. The maximum Gasteiger partial charge on any atom is 0.239 e. The van der Waals surface area contributed by atoms with Crippen LogP contribution in [0.4, 0.5) is 0 Å². The molecule has 0 aliphatic carbocycles. The number of carbonyl (C=O) groups excluding carboxylic acids is 2. The van der Waals surface area contributed by atoms with E-state index < -0.39 is 0 Å². The first-order chi connectivity index (χ1) is 8.50. The van der Waals surface area contributed by atoms with Crippen LogP contribution in [-0.4, -0.2) is 41.9 Å². The molecule has 1 aliphatic rings. The minimum atomic E-state index is -0.332. The standard InChI is InChI=1S/C13H25N3O2.ClH/c1-3-13(14,4-2)10-15-11(17)9-16-8-6-5-7-12(16)18;/h3-10,14H2,1-2H3,(H,15,17);1H. The molecule has 0 aromatic heterocycles. The summed E-state index contributed by atoms with van der Waals surface area (Å²) in [6, 6.07) is 0. The van der Waals surface area contributed by atoms with Gasteiger partial charge in [-0.05, 0) is 25.7 Å². The van der Waals surface area contributed by atoms with Crippen molar-refractivity contribution in [1.82, 2.24) is 10.2 Å². The maximum absolute atomic E-state index is 11.8. The van der Waals surface area contributed by atoms with Gasteiger partial charge in [-0.3, -0.25) is 9.59 Å². The third-order valence-corrected chi connectivity index (χ3v) is 3.80.